The molecule has 0 bridgehead atoms. The molecule has 0 amide bonds. The monoisotopic (exact) mass is 629 g/mol. The number of hydrogen-bond acceptors (Lipinski definition) is 3. The summed E-state index contributed by atoms with van der Waals surface area (Å²) in [6.45, 7) is 0. The number of nitrogens with zero attached hydrogens (tertiary/aromatic N) is 1. The van der Waals surface area contributed by atoms with E-state index >= 15 is 0 Å². The number of rotatable bonds is 5. The van der Waals surface area contributed by atoms with Crippen molar-refractivity contribution < 1.29 is 8.83 Å². The lowest BCUT2D eigenvalue weighted by Crippen LogP contribution is -2.12. The van der Waals surface area contributed by atoms with Crippen molar-refractivity contribution in [1.82, 2.24) is 0 Å². The van der Waals surface area contributed by atoms with Crippen LogP contribution in [-0.4, -0.2) is 0 Å². The van der Waals surface area contributed by atoms with E-state index in [2.05, 4.69) is 151 Å². The maximum atomic E-state index is 6.38. The van der Waals surface area contributed by atoms with Crippen molar-refractivity contribution >= 4 is 67.0 Å². The van der Waals surface area contributed by atoms with Gasteiger partial charge < -0.3 is 13.7 Å². The third-order valence-electron chi connectivity index (χ3n) is 10.0. The van der Waals surface area contributed by atoms with Crippen molar-refractivity contribution in [3.63, 3.8) is 0 Å². The van der Waals surface area contributed by atoms with E-state index in [0.717, 1.165) is 78.5 Å². The van der Waals surface area contributed by atoms with Gasteiger partial charge in [-0.15, -0.1) is 0 Å². The van der Waals surface area contributed by atoms with Gasteiger partial charge >= 0.3 is 0 Å². The van der Waals surface area contributed by atoms with Crippen LogP contribution in [0.4, 0.5) is 17.1 Å². The van der Waals surface area contributed by atoms with Crippen molar-refractivity contribution in [2.75, 3.05) is 4.90 Å². The van der Waals surface area contributed by atoms with Gasteiger partial charge in [0.2, 0.25) is 0 Å². The lowest BCUT2D eigenvalue weighted by molar-refractivity contribution is 0.668. The number of fused-ring (bicyclic) bond motifs is 7. The molecule has 2 aromatic heterocycles. The molecule has 1 atom stereocenters. The van der Waals surface area contributed by atoms with Gasteiger partial charge in [0, 0.05) is 33.5 Å². The third-order valence-corrected chi connectivity index (χ3v) is 10.0. The Hall–Kier alpha value is -6.32. The summed E-state index contributed by atoms with van der Waals surface area (Å²) >= 11 is 0. The first-order chi connectivity index (χ1) is 24.3. The molecule has 3 nitrogen and oxygen atoms in total. The van der Waals surface area contributed by atoms with E-state index in [1.807, 2.05) is 24.3 Å². The second-order valence-electron chi connectivity index (χ2n) is 12.8. The minimum atomic E-state index is 0.293. The number of benzene rings is 7. The fraction of sp³-hybridized carbons (Fsp3) is 0.0435. The van der Waals surface area contributed by atoms with Gasteiger partial charge in [-0.1, -0.05) is 115 Å². The topological polar surface area (TPSA) is 29.5 Å². The van der Waals surface area contributed by atoms with Crippen molar-refractivity contribution in [2.45, 2.75) is 12.3 Å². The summed E-state index contributed by atoms with van der Waals surface area (Å²) in [6, 6.07) is 56.1. The molecule has 0 saturated carbocycles. The Labute approximate surface area is 283 Å². The Bertz CT molecular complexity index is 2710. The summed E-state index contributed by atoms with van der Waals surface area (Å²) in [6.07, 6.45) is 5.53. The molecule has 0 N–H and O–H groups in total. The van der Waals surface area contributed by atoms with Gasteiger partial charge in [-0.3, -0.25) is 0 Å². The van der Waals surface area contributed by atoms with Gasteiger partial charge in [0.1, 0.15) is 22.3 Å². The molecule has 1 aliphatic rings. The largest absolute Gasteiger partial charge is 0.456 e. The third kappa shape index (κ3) is 4.51. The van der Waals surface area contributed by atoms with E-state index in [9.17, 15) is 0 Å². The van der Waals surface area contributed by atoms with Crippen LogP contribution in [-0.2, 0) is 0 Å². The Morgan fingerprint density at radius 2 is 1.16 bits per heavy atom. The number of furan rings is 2. The summed E-state index contributed by atoms with van der Waals surface area (Å²) in [7, 11) is 0. The molecule has 0 spiro atoms. The maximum absolute atomic E-state index is 6.38. The highest BCUT2D eigenvalue weighted by molar-refractivity contribution is 6.14. The van der Waals surface area contributed by atoms with Crippen LogP contribution in [0.3, 0.4) is 0 Å². The summed E-state index contributed by atoms with van der Waals surface area (Å²) in [5, 5.41) is 4.49. The van der Waals surface area contributed by atoms with Gasteiger partial charge in [0.15, 0.2) is 0 Å². The molecular weight excluding hydrogens is 599 g/mol. The van der Waals surface area contributed by atoms with Crippen LogP contribution in [0.2, 0.25) is 0 Å². The number of anilines is 3. The normalized spacial score (nSPS) is 14.2. The first kappa shape index (κ1) is 27.8. The first-order valence-corrected chi connectivity index (χ1v) is 16.9. The average molecular weight is 630 g/mol. The summed E-state index contributed by atoms with van der Waals surface area (Å²) in [5.41, 5.74) is 13.1. The zero-order chi connectivity index (χ0) is 32.3. The Kier molecular flexibility index (Phi) is 6.31. The zero-order valence-corrected chi connectivity index (χ0v) is 26.7. The summed E-state index contributed by atoms with van der Waals surface area (Å²) in [4.78, 5) is 2.38. The van der Waals surface area contributed by atoms with Gasteiger partial charge in [-0.05, 0) is 88.8 Å². The van der Waals surface area contributed by atoms with Gasteiger partial charge in [0.25, 0.3) is 0 Å². The molecule has 3 heteroatoms. The van der Waals surface area contributed by atoms with Crippen molar-refractivity contribution in [1.29, 1.82) is 0 Å². The highest BCUT2D eigenvalue weighted by Crippen LogP contribution is 2.45. The van der Waals surface area contributed by atoms with Crippen LogP contribution in [0.1, 0.15) is 29.0 Å². The highest BCUT2D eigenvalue weighted by atomic mass is 16.3. The fourth-order valence-electron chi connectivity index (χ4n) is 7.81. The average Bonchev–Trinajstić information content (AvgIpc) is 3.74. The zero-order valence-electron chi connectivity index (χ0n) is 26.7. The molecule has 0 saturated heterocycles. The minimum Gasteiger partial charge on any atom is -0.456 e. The highest BCUT2D eigenvalue weighted by Gasteiger charge is 2.23. The molecule has 2 heterocycles. The van der Waals surface area contributed by atoms with Gasteiger partial charge in [-0.25, -0.2) is 0 Å². The van der Waals surface area contributed by atoms with E-state index in [1.54, 1.807) is 0 Å². The number of allylic oxidation sites excluding steroid dienone is 1. The van der Waals surface area contributed by atoms with Gasteiger partial charge in [-0.2, -0.15) is 0 Å². The van der Waals surface area contributed by atoms with E-state index in [-0.39, 0.29) is 0 Å². The molecule has 10 rings (SSSR count). The predicted octanol–water partition coefficient (Wildman–Crippen LogP) is 13.2. The number of hydrogen-bond donors (Lipinski definition) is 0. The first-order valence-electron chi connectivity index (χ1n) is 16.9. The van der Waals surface area contributed by atoms with E-state index < -0.39 is 0 Å². The van der Waals surface area contributed by atoms with Crippen molar-refractivity contribution in [2.24, 2.45) is 0 Å². The Morgan fingerprint density at radius 3 is 1.98 bits per heavy atom. The molecular formula is C46H31NO2. The maximum Gasteiger partial charge on any atom is 0.137 e. The molecule has 0 fully saturated rings. The van der Waals surface area contributed by atoms with E-state index in [0.29, 0.717) is 5.92 Å². The minimum absolute atomic E-state index is 0.293. The smallest absolute Gasteiger partial charge is 0.137 e. The van der Waals surface area contributed by atoms with Crippen LogP contribution in [0.25, 0.3) is 61.1 Å². The molecule has 232 valence electrons. The molecule has 1 unspecified atom stereocenters. The predicted molar refractivity (Wildman–Crippen MR) is 203 cm³/mol. The molecule has 1 aliphatic carbocycles. The summed E-state index contributed by atoms with van der Waals surface area (Å²) < 4.78 is 12.6. The lowest BCUT2D eigenvalue weighted by Gasteiger charge is -2.28. The van der Waals surface area contributed by atoms with Crippen LogP contribution in [0, 0.1) is 0 Å². The second-order valence-corrected chi connectivity index (χ2v) is 12.8. The SMILES string of the molecule is C1=Cc2ccccc2C(c2cccc(N(c3ccc(-c4cccc5oc6ccccc6c45)cc3)c3cccc4oc5ccccc5c34)c2)C1. The van der Waals surface area contributed by atoms with Crippen LogP contribution < -0.4 is 4.90 Å². The molecule has 0 radical (unpaired) electrons. The second kappa shape index (κ2) is 11.1. The summed E-state index contributed by atoms with van der Waals surface area (Å²) in [5.74, 6) is 0.293. The molecule has 9 aromatic rings. The quantitative estimate of drug-likeness (QED) is 0.190. The Balaban J connectivity index is 1.15. The molecule has 0 aliphatic heterocycles. The van der Waals surface area contributed by atoms with Crippen molar-refractivity contribution in [3.05, 3.63) is 180 Å². The standard InChI is InChI=1S/C46H31NO2/c1-2-15-35-30(11-1)12-8-18-36(35)32-13-7-14-34(29-32)47(40-20-10-24-44-46(40)39-17-4-6-22-42(39)49-44)33-27-25-31(26-28-33)37-19-9-23-43-45(37)38-16-3-5-21-41(38)48-43/h1-17,19-29,36H,18H2. The van der Waals surface area contributed by atoms with Crippen molar-refractivity contribution in [3.8, 4) is 11.1 Å². The van der Waals surface area contributed by atoms with Crippen LogP contribution in [0.5, 0.6) is 0 Å². The lowest BCUT2D eigenvalue weighted by atomic mass is 9.82. The Morgan fingerprint density at radius 1 is 0.510 bits per heavy atom. The molecule has 7 aromatic carbocycles. The number of para-hydroxylation sites is 2. The fourth-order valence-corrected chi connectivity index (χ4v) is 7.81. The van der Waals surface area contributed by atoms with E-state index in [4.69, 9.17) is 8.83 Å². The van der Waals surface area contributed by atoms with Crippen LogP contribution >= 0.6 is 0 Å². The van der Waals surface area contributed by atoms with Gasteiger partial charge in [0.05, 0.1) is 11.1 Å². The molecule has 49 heavy (non-hydrogen) atoms. The van der Waals surface area contributed by atoms with Crippen LogP contribution in [0.15, 0.2) is 173 Å². The van der Waals surface area contributed by atoms with E-state index in [1.165, 1.54) is 16.7 Å².